The first-order chi connectivity index (χ1) is 12.3. The molecule has 0 aliphatic carbocycles. The average Bonchev–Trinajstić information content (AvgIpc) is 3.34. The van der Waals surface area contributed by atoms with Crippen LogP contribution in [0.3, 0.4) is 0 Å². The molecular formula is C20H23ClN4O. The highest BCUT2D eigenvalue weighted by Gasteiger charge is 2.13. The first-order valence-corrected chi connectivity index (χ1v) is 8.76. The van der Waals surface area contributed by atoms with Crippen LogP contribution in [-0.2, 0) is 13.1 Å². The molecule has 1 saturated heterocycles. The molecular weight excluding hydrogens is 348 g/mol. The largest absolute Gasteiger partial charge is 0.334 e. The Morgan fingerprint density at radius 2 is 1.50 bits per heavy atom. The van der Waals surface area contributed by atoms with E-state index < -0.39 is 0 Å². The van der Waals surface area contributed by atoms with Gasteiger partial charge in [-0.1, -0.05) is 41.6 Å². The first kappa shape index (κ1) is 18.6. The van der Waals surface area contributed by atoms with Gasteiger partial charge in [-0.2, -0.15) is 4.98 Å². The van der Waals surface area contributed by atoms with E-state index in [9.17, 15) is 0 Å². The summed E-state index contributed by atoms with van der Waals surface area (Å²) in [4.78, 5) is 7.01. The van der Waals surface area contributed by atoms with Gasteiger partial charge in [0.05, 0.1) is 0 Å². The third kappa shape index (κ3) is 4.12. The molecule has 136 valence electrons. The van der Waals surface area contributed by atoms with Crippen molar-refractivity contribution >= 4 is 12.4 Å². The van der Waals surface area contributed by atoms with E-state index in [1.807, 2.05) is 24.3 Å². The van der Waals surface area contributed by atoms with E-state index >= 15 is 0 Å². The number of benzene rings is 2. The van der Waals surface area contributed by atoms with Crippen molar-refractivity contribution in [2.75, 3.05) is 13.1 Å². The molecule has 2 heterocycles. The van der Waals surface area contributed by atoms with Crippen LogP contribution in [0.1, 0.15) is 24.0 Å². The van der Waals surface area contributed by atoms with Crippen LogP contribution in [0.4, 0.5) is 0 Å². The van der Waals surface area contributed by atoms with E-state index in [2.05, 4.69) is 39.3 Å². The molecule has 0 radical (unpaired) electrons. The standard InChI is InChI=1S/C20H22N4O.ClH/c21-13-15-3-7-17(8-4-15)19-22-20(25-23-19)18-9-5-16(6-10-18)14-24-11-1-2-12-24;/h3-10H,1-2,11-14,21H2;1H. The van der Waals surface area contributed by atoms with Crippen LogP contribution in [0.25, 0.3) is 22.8 Å². The van der Waals surface area contributed by atoms with Crippen LogP contribution >= 0.6 is 12.4 Å². The zero-order chi connectivity index (χ0) is 17.1. The maximum absolute atomic E-state index is 5.63. The zero-order valence-electron chi connectivity index (χ0n) is 14.6. The Labute approximate surface area is 159 Å². The highest BCUT2D eigenvalue weighted by molar-refractivity contribution is 5.85. The lowest BCUT2D eigenvalue weighted by Crippen LogP contribution is -2.18. The minimum Gasteiger partial charge on any atom is -0.334 e. The van der Waals surface area contributed by atoms with Crippen molar-refractivity contribution in [3.63, 3.8) is 0 Å². The molecule has 5 nitrogen and oxygen atoms in total. The van der Waals surface area contributed by atoms with Gasteiger partial charge in [0.2, 0.25) is 5.82 Å². The van der Waals surface area contributed by atoms with Crippen LogP contribution < -0.4 is 5.73 Å². The molecule has 0 unspecified atom stereocenters. The summed E-state index contributed by atoms with van der Waals surface area (Å²) < 4.78 is 5.44. The summed E-state index contributed by atoms with van der Waals surface area (Å²) in [5.41, 5.74) is 9.91. The number of aromatic nitrogens is 2. The van der Waals surface area contributed by atoms with E-state index in [0.29, 0.717) is 18.3 Å². The minimum absolute atomic E-state index is 0. The Hall–Kier alpha value is -2.21. The van der Waals surface area contributed by atoms with Crippen molar-refractivity contribution < 1.29 is 4.52 Å². The lowest BCUT2D eigenvalue weighted by atomic mass is 10.1. The molecule has 1 aliphatic rings. The summed E-state index contributed by atoms with van der Waals surface area (Å²) in [7, 11) is 0. The molecule has 0 spiro atoms. The molecule has 3 aromatic rings. The molecule has 26 heavy (non-hydrogen) atoms. The molecule has 0 bridgehead atoms. The van der Waals surface area contributed by atoms with Crippen LogP contribution in [0, 0.1) is 0 Å². The van der Waals surface area contributed by atoms with Crippen molar-refractivity contribution in [2.45, 2.75) is 25.9 Å². The molecule has 1 aliphatic heterocycles. The van der Waals surface area contributed by atoms with Gasteiger partial charge in [-0.3, -0.25) is 4.90 Å². The van der Waals surface area contributed by atoms with E-state index in [1.54, 1.807) is 0 Å². The average molecular weight is 371 g/mol. The van der Waals surface area contributed by atoms with Crippen molar-refractivity contribution in [3.8, 4) is 22.8 Å². The third-order valence-electron chi connectivity index (χ3n) is 4.68. The number of rotatable bonds is 5. The summed E-state index contributed by atoms with van der Waals surface area (Å²) in [5, 5.41) is 4.10. The first-order valence-electron chi connectivity index (χ1n) is 8.76. The maximum atomic E-state index is 5.63. The molecule has 0 atom stereocenters. The zero-order valence-corrected chi connectivity index (χ0v) is 15.4. The Kier molecular flexibility index (Phi) is 6.04. The van der Waals surface area contributed by atoms with Gasteiger partial charge in [0.25, 0.3) is 5.89 Å². The molecule has 2 aromatic carbocycles. The fourth-order valence-corrected chi connectivity index (χ4v) is 3.20. The summed E-state index contributed by atoms with van der Waals surface area (Å²) >= 11 is 0. The van der Waals surface area contributed by atoms with E-state index in [0.717, 1.165) is 23.2 Å². The molecule has 1 fully saturated rings. The summed E-state index contributed by atoms with van der Waals surface area (Å²) in [6.07, 6.45) is 2.63. The molecule has 2 N–H and O–H groups in total. The second kappa shape index (κ2) is 8.45. The van der Waals surface area contributed by atoms with Gasteiger partial charge in [0, 0.05) is 24.2 Å². The molecule has 6 heteroatoms. The third-order valence-corrected chi connectivity index (χ3v) is 4.68. The van der Waals surface area contributed by atoms with Gasteiger partial charge in [-0.15, -0.1) is 12.4 Å². The topological polar surface area (TPSA) is 68.2 Å². The summed E-state index contributed by atoms with van der Waals surface area (Å²) in [6, 6.07) is 16.3. The second-order valence-electron chi connectivity index (χ2n) is 6.50. The van der Waals surface area contributed by atoms with Gasteiger partial charge < -0.3 is 10.3 Å². The lowest BCUT2D eigenvalue weighted by molar-refractivity contribution is 0.331. The van der Waals surface area contributed by atoms with Crippen molar-refractivity contribution in [2.24, 2.45) is 5.73 Å². The summed E-state index contributed by atoms with van der Waals surface area (Å²) in [5.74, 6) is 1.14. The summed E-state index contributed by atoms with van der Waals surface area (Å²) in [6.45, 7) is 3.96. The second-order valence-corrected chi connectivity index (χ2v) is 6.50. The fraction of sp³-hybridized carbons (Fsp3) is 0.300. The monoisotopic (exact) mass is 370 g/mol. The van der Waals surface area contributed by atoms with Crippen LogP contribution in [0.2, 0.25) is 0 Å². The SMILES string of the molecule is Cl.NCc1ccc(-c2noc(-c3ccc(CN4CCCC4)cc3)n2)cc1. The van der Waals surface area contributed by atoms with Crippen molar-refractivity contribution in [3.05, 3.63) is 59.7 Å². The predicted octanol–water partition coefficient (Wildman–Crippen LogP) is 3.88. The Bertz CT molecular complexity index is 824. The van der Waals surface area contributed by atoms with E-state index in [4.69, 9.17) is 10.3 Å². The minimum atomic E-state index is 0. The number of halogens is 1. The smallest absolute Gasteiger partial charge is 0.258 e. The molecule has 4 rings (SSSR count). The van der Waals surface area contributed by atoms with Gasteiger partial charge >= 0.3 is 0 Å². The van der Waals surface area contributed by atoms with Crippen molar-refractivity contribution in [1.82, 2.24) is 15.0 Å². The van der Waals surface area contributed by atoms with Gasteiger partial charge in [0.15, 0.2) is 0 Å². The highest BCUT2D eigenvalue weighted by atomic mass is 35.5. The van der Waals surface area contributed by atoms with E-state index in [1.165, 1.54) is 31.5 Å². The number of hydrogen-bond acceptors (Lipinski definition) is 5. The molecule has 0 amide bonds. The number of nitrogens with two attached hydrogens (primary N) is 1. The van der Waals surface area contributed by atoms with Gasteiger partial charge in [-0.25, -0.2) is 0 Å². The number of hydrogen-bond donors (Lipinski definition) is 1. The molecule has 0 saturated carbocycles. The highest BCUT2D eigenvalue weighted by Crippen LogP contribution is 2.23. The predicted molar refractivity (Wildman–Crippen MR) is 105 cm³/mol. The van der Waals surface area contributed by atoms with Crippen LogP contribution in [0.15, 0.2) is 53.1 Å². The lowest BCUT2D eigenvalue weighted by Gasteiger charge is -2.14. The van der Waals surface area contributed by atoms with Gasteiger partial charge in [0.1, 0.15) is 0 Å². The quantitative estimate of drug-likeness (QED) is 0.738. The normalized spacial score (nSPS) is 14.3. The van der Waals surface area contributed by atoms with E-state index in [-0.39, 0.29) is 12.4 Å². The van der Waals surface area contributed by atoms with Crippen LogP contribution in [0.5, 0.6) is 0 Å². The van der Waals surface area contributed by atoms with Crippen LogP contribution in [-0.4, -0.2) is 28.1 Å². The Morgan fingerprint density at radius 1 is 0.885 bits per heavy atom. The number of nitrogens with zero attached hydrogens (tertiary/aromatic N) is 3. The number of likely N-dealkylation sites (tertiary alicyclic amines) is 1. The maximum Gasteiger partial charge on any atom is 0.258 e. The Morgan fingerprint density at radius 3 is 2.15 bits per heavy atom. The van der Waals surface area contributed by atoms with Crippen molar-refractivity contribution in [1.29, 1.82) is 0 Å². The fourth-order valence-electron chi connectivity index (χ4n) is 3.20. The molecule has 1 aromatic heterocycles. The Balaban J connectivity index is 0.00000196. The van der Waals surface area contributed by atoms with Gasteiger partial charge in [-0.05, 0) is 49.2 Å².